The molecule has 1 aliphatic carbocycles. The second-order valence-electron chi connectivity index (χ2n) is 4.92. The summed E-state index contributed by atoms with van der Waals surface area (Å²) in [4.78, 5) is 12.8. The molecule has 0 spiro atoms. The maximum atomic E-state index is 11.5. The Morgan fingerprint density at radius 3 is 2.94 bits per heavy atom. The summed E-state index contributed by atoms with van der Waals surface area (Å²) in [5, 5.41) is 6.50. The molecule has 3 nitrogen and oxygen atoms in total. The molecule has 1 atom stereocenters. The average Bonchev–Trinajstić information content (AvgIpc) is 3.17. The second-order valence-corrected chi connectivity index (χ2v) is 5.98. The Balaban J connectivity index is 1.43. The van der Waals surface area contributed by atoms with Crippen molar-refractivity contribution in [3.05, 3.63) is 29.8 Å². The molecular formula is C14H18N2OS. The first-order valence-corrected chi connectivity index (χ1v) is 7.56. The van der Waals surface area contributed by atoms with E-state index >= 15 is 0 Å². The van der Waals surface area contributed by atoms with Gasteiger partial charge in [0.05, 0.1) is 0 Å². The van der Waals surface area contributed by atoms with Gasteiger partial charge in [-0.25, -0.2) is 0 Å². The van der Waals surface area contributed by atoms with E-state index in [9.17, 15) is 4.79 Å². The first-order valence-electron chi connectivity index (χ1n) is 6.57. The van der Waals surface area contributed by atoms with Gasteiger partial charge in [0.25, 0.3) is 0 Å². The van der Waals surface area contributed by atoms with Gasteiger partial charge in [0.1, 0.15) is 0 Å². The van der Waals surface area contributed by atoms with Gasteiger partial charge in [-0.05, 0) is 24.5 Å². The van der Waals surface area contributed by atoms with Crippen LogP contribution in [0.1, 0.15) is 24.4 Å². The predicted octanol–water partition coefficient (Wildman–Crippen LogP) is 1.95. The number of rotatable bonds is 5. The van der Waals surface area contributed by atoms with E-state index in [0.29, 0.717) is 12.0 Å². The van der Waals surface area contributed by atoms with Gasteiger partial charge < -0.3 is 10.6 Å². The first-order chi connectivity index (χ1) is 8.84. The summed E-state index contributed by atoms with van der Waals surface area (Å²) in [6.45, 7) is 1.58. The molecule has 4 heteroatoms. The Hall–Kier alpha value is -1.00. The fourth-order valence-corrected chi connectivity index (χ4v) is 3.45. The maximum Gasteiger partial charge on any atom is 0.223 e. The van der Waals surface area contributed by atoms with E-state index < -0.39 is 0 Å². The molecule has 0 radical (unpaired) electrons. The Kier molecular flexibility index (Phi) is 3.57. The zero-order chi connectivity index (χ0) is 12.4. The lowest BCUT2D eigenvalue weighted by molar-refractivity contribution is -0.122. The molecule has 1 saturated carbocycles. The minimum atomic E-state index is 0.234. The SMILES string of the molecule is O=C(NCCNC1CSc2ccccc21)C1CC1. The molecule has 0 aromatic heterocycles. The van der Waals surface area contributed by atoms with Crippen molar-refractivity contribution in [3.63, 3.8) is 0 Å². The third-order valence-corrected chi connectivity index (χ3v) is 4.65. The Bertz CT molecular complexity index is 445. The lowest BCUT2D eigenvalue weighted by Crippen LogP contribution is -2.34. The molecule has 1 heterocycles. The largest absolute Gasteiger partial charge is 0.355 e. The van der Waals surface area contributed by atoms with Gasteiger partial charge in [-0.15, -0.1) is 11.8 Å². The Labute approximate surface area is 112 Å². The maximum absolute atomic E-state index is 11.5. The number of hydrogen-bond donors (Lipinski definition) is 2. The van der Waals surface area contributed by atoms with Gasteiger partial charge in [0, 0.05) is 35.7 Å². The molecule has 2 aliphatic rings. The van der Waals surface area contributed by atoms with Crippen LogP contribution >= 0.6 is 11.8 Å². The molecule has 1 unspecified atom stereocenters. The van der Waals surface area contributed by atoms with Crippen LogP contribution in [0.5, 0.6) is 0 Å². The van der Waals surface area contributed by atoms with Crippen LogP contribution in [-0.4, -0.2) is 24.7 Å². The van der Waals surface area contributed by atoms with E-state index in [0.717, 1.165) is 31.7 Å². The van der Waals surface area contributed by atoms with Gasteiger partial charge >= 0.3 is 0 Å². The van der Waals surface area contributed by atoms with Crippen LogP contribution in [0, 0.1) is 5.92 Å². The number of carbonyl (C=O) groups excluding carboxylic acids is 1. The number of fused-ring (bicyclic) bond motifs is 1. The van der Waals surface area contributed by atoms with E-state index in [1.807, 2.05) is 11.8 Å². The monoisotopic (exact) mass is 262 g/mol. The zero-order valence-corrected chi connectivity index (χ0v) is 11.1. The molecule has 1 fully saturated rings. The van der Waals surface area contributed by atoms with Gasteiger partial charge in [0.15, 0.2) is 0 Å². The molecule has 1 aliphatic heterocycles. The standard InChI is InChI=1S/C14H18N2OS/c17-14(10-5-6-10)16-8-7-15-12-9-18-13-4-2-1-3-11(12)13/h1-4,10,12,15H,5-9H2,(H,16,17). The van der Waals surface area contributed by atoms with Gasteiger partial charge in [-0.2, -0.15) is 0 Å². The van der Waals surface area contributed by atoms with E-state index in [1.54, 1.807) is 0 Å². The normalized spacial score (nSPS) is 21.7. The van der Waals surface area contributed by atoms with Crippen LogP contribution in [0.25, 0.3) is 0 Å². The Morgan fingerprint density at radius 1 is 1.28 bits per heavy atom. The van der Waals surface area contributed by atoms with E-state index in [4.69, 9.17) is 0 Å². The van der Waals surface area contributed by atoms with Gasteiger partial charge in [0.2, 0.25) is 5.91 Å². The second kappa shape index (κ2) is 5.33. The highest BCUT2D eigenvalue weighted by Gasteiger charge is 2.29. The molecule has 96 valence electrons. The van der Waals surface area contributed by atoms with Crippen molar-refractivity contribution in [1.29, 1.82) is 0 Å². The average molecular weight is 262 g/mol. The Morgan fingerprint density at radius 2 is 2.11 bits per heavy atom. The van der Waals surface area contributed by atoms with Crippen LogP contribution in [0.15, 0.2) is 29.2 Å². The molecule has 2 N–H and O–H groups in total. The molecule has 1 aromatic rings. The van der Waals surface area contributed by atoms with Crippen LogP contribution in [0.4, 0.5) is 0 Å². The first kappa shape index (κ1) is 12.1. The molecule has 0 saturated heterocycles. The summed E-state index contributed by atoms with van der Waals surface area (Å²) in [5.74, 6) is 1.64. The number of carbonyl (C=O) groups is 1. The number of nitrogens with one attached hydrogen (secondary N) is 2. The number of benzene rings is 1. The number of thioether (sulfide) groups is 1. The van der Waals surface area contributed by atoms with Crippen molar-refractivity contribution in [2.75, 3.05) is 18.8 Å². The highest BCUT2D eigenvalue weighted by atomic mass is 32.2. The fourth-order valence-electron chi connectivity index (χ4n) is 2.25. The predicted molar refractivity (Wildman–Crippen MR) is 73.6 cm³/mol. The summed E-state index contributed by atoms with van der Waals surface area (Å²) in [6.07, 6.45) is 2.15. The molecular weight excluding hydrogens is 244 g/mol. The highest BCUT2D eigenvalue weighted by molar-refractivity contribution is 7.99. The topological polar surface area (TPSA) is 41.1 Å². The minimum absolute atomic E-state index is 0.234. The summed E-state index contributed by atoms with van der Waals surface area (Å²) in [5.41, 5.74) is 1.40. The van der Waals surface area contributed by atoms with E-state index in [-0.39, 0.29) is 5.91 Å². The fraction of sp³-hybridized carbons (Fsp3) is 0.500. The van der Waals surface area contributed by atoms with Crippen LogP contribution < -0.4 is 10.6 Å². The van der Waals surface area contributed by atoms with Gasteiger partial charge in [-0.3, -0.25) is 4.79 Å². The van der Waals surface area contributed by atoms with Crippen LogP contribution in [0.2, 0.25) is 0 Å². The third kappa shape index (κ3) is 2.70. The van der Waals surface area contributed by atoms with Crippen molar-refractivity contribution in [3.8, 4) is 0 Å². The zero-order valence-electron chi connectivity index (χ0n) is 10.3. The molecule has 0 bridgehead atoms. The minimum Gasteiger partial charge on any atom is -0.355 e. The van der Waals surface area contributed by atoms with Crippen molar-refractivity contribution >= 4 is 17.7 Å². The van der Waals surface area contributed by atoms with Crippen molar-refractivity contribution in [2.45, 2.75) is 23.8 Å². The quantitative estimate of drug-likeness (QED) is 0.797. The summed E-state index contributed by atoms with van der Waals surface area (Å²) in [6, 6.07) is 8.98. The molecule has 1 aromatic carbocycles. The van der Waals surface area contributed by atoms with Gasteiger partial charge in [-0.1, -0.05) is 18.2 Å². The molecule has 18 heavy (non-hydrogen) atoms. The molecule has 3 rings (SSSR count). The van der Waals surface area contributed by atoms with E-state index in [2.05, 4.69) is 34.9 Å². The summed E-state index contributed by atoms with van der Waals surface area (Å²) >= 11 is 1.91. The smallest absolute Gasteiger partial charge is 0.223 e. The summed E-state index contributed by atoms with van der Waals surface area (Å²) in [7, 11) is 0. The van der Waals surface area contributed by atoms with Crippen LogP contribution in [0.3, 0.4) is 0 Å². The number of hydrogen-bond acceptors (Lipinski definition) is 3. The third-order valence-electron chi connectivity index (χ3n) is 3.46. The van der Waals surface area contributed by atoms with E-state index in [1.165, 1.54) is 10.5 Å². The van der Waals surface area contributed by atoms with Crippen molar-refractivity contribution in [1.82, 2.24) is 10.6 Å². The highest BCUT2D eigenvalue weighted by Crippen LogP contribution is 2.37. The lowest BCUT2D eigenvalue weighted by Gasteiger charge is -2.13. The lowest BCUT2D eigenvalue weighted by atomic mass is 10.1. The van der Waals surface area contributed by atoms with Crippen LogP contribution in [-0.2, 0) is 4.79 Å². The number of amides is 1. The molecule has 1 amide bonds. The van der Waals surface area contributed by atoms with Crippen molar-refractivity contribution < 1.29 is 4.79 Å². The summed E-state index contributed by atoms with van der Waals surface area (Å²) < 4.78 is 0. The van der Waals surface area contributed by atoms with Crippen molar-refractivity contribution in [2.24, 2.45) is 5.92 Å².